The molecule has 0 saturated heterocycles. The Hall–Kier alpha value is -0.900. The van der Waals surface area contributed by atoms with Gasteiger partial charge in [-0.25, -0.2) is 4.39 Å². The minimum atomic E-state index is -0.661. The van der Waals surface area contributed by atoms with Gasteiger partial charge in [0.15, 0.2) is 5.82 Å². The normalized spacial score (nSPS) is 23.3. The molecule has 0 saturated carbocycles. The molecule has 0 bridgehead atoms. The predicted octanol–water partition coefficient (Wildman–Crippen LogP) is 0.849. The van der Waals surface area contributed by atoms with Gasteiger partial charge in [0.2, 0.25) is 0 Å². The van der Waals surface area contributed by atoms with Crippen LogP contribution >= 0.6 is 0 Å². The molecular weight excluding hydrogens is 147 g/mol. The second-order valence-corrected chi connectivity index (χ2v) is 2.76. The van der Waals surface area contributed by atoms with Crippen molar-refractivity contribution in [3.05, 3.63) is 17.7 Å². The van der Waals surface area contributed by atoms with Crippen LogP contribution < -0.4 is 0 Å². The first-order valence-electron chi connectivity index (χ1n) is 3.68. The van der Waals surface area contributed by atoms with Gasteiger partial charge >= 0.3 is 0 Å². The van der Waals surface area contributed by atoms with Crippen LogP contribution in [0.1, 0.15) is 24.6 Å². The van der Waals surface area contributed by atoms with Gasteiger partial charge < -0.3 is 5.11 Å². The van der Waals surface area contributed by atoms with E-state index in [-0.39, 0.29) is 0 Å². The van der Waals surface area contributed by atoms with Crippen LogP contribution in [0.3, 0.4) is 0 Å². The molecule has 0 aliphatic carbocycles. The summed E-state index contributed by atoms with van der Waals surface area (Å²) in [6.07, 6.45) is 2.01. The zero-order valence-electron chi connectivity index (χ0n) is 6.00. The number of rotatable bonds is 0. The van der Waals surface area contributed by atoms with Crippen LogP contribution in [0, 0.1) is 5.82 Å². The van der Waals surface area contributed by atoms with Crippen LogP contribution in [-0.2, 0) is 6.54 Å². The van der Waals surface area contributed by atoms with E-state index >= 15 is 0 Å². The molecule has 1 N–H and O–H groups in total. The molecule has 1 aliphatic heterocycles. The molecule has 60 valence electrons. The van der Waals surface area contributed by atoms with E-state index in [2.05, 4.69) is 5.10 Å². The summed E-state index contributed by atoms with van der Waals surface area (Å²) < 4.78 is 14.4. The fourth-order valence-electron chi connectivity index (χ4n) is 1.45. The fourth-order valence-corrected chi connectivity index (χ4v) is 1.45. The van der Waals surface area contributed by atoms with Crippen LogP contribution in [0.5, 0.6) is 0 Å². The third kappa shape index (κ3) is 0.939. The lowest BCUT2D eigenvalue weighted by Crippen LogP contribution is -2.16. The molecule has 1 aromatic rings. The Morgan fingerprint density at radius 2 is 2.55 bits per heavy atom. The third-order valence-electron chi connectivity index (χ3n) is 2.00. The first-order chi connectivity index (χ1) is 5.29. The molecule has 1 aliphatic rings. The maximum Gasteiger partial charge on any atom is 0.166 e. The molecule has 1 unspecified atom stereocenters. The van der Waals surface area contributed by atoms with Gasteiger partial charge in [-0.1, -0.05) is 0 Å². The molecule has 3 nitrogen and oxygen atoms in total. The summed E-state index contributed by atoms with van der Waals surface area (Å²) in [5, 5.41) is 13.1. The van der Waals surface area contributed by atoms with E-state index in [0.29, 0.717) is 12.1 Å². The van der Waals surface area contributed by atoms with Crippen LogP contribution in [0.2, 0.25) is 0 Å². The first-order valence-corrected chi connectivity index (χ1v) is 3.68. The summed E-state index contributed by atoms with van der Waals surface area (Å²) >= 11 is 0. The molecule has 1 atom stereocenters. The summed E-state index contributed by atoms with van der Waals surface area (Å²) in [5.41, 5.74) is 0.344. The van der Waals surface area contributed by atoms with Crippen LogP contribution in [0.25, 0.3) is 0 Å². The van der Waals surface area contributed by atoms with Crippen LogP contribution in [-0.4, -0.2) is 14.9 Å². The number of nitrogens with zero attached hydrogens (tertiary/aromatic N) is 2. The summed E-state index contributed by atoms with van der Waals surface area (Å²) in [6, 6.07) is 0. The van der Waals surface area contributed by atoms with E-state index in [1.165, 1.54) is 4.68 Å². The first kappa shape index (κ1) is 6.79. The monoisotopic (exact) mass is 156 g/mol. The lowest BCUT2D eigenvalue weighted by atomic mass is 10.1. The van der Waals surface area contributed by atoms with Crippen molar-refractivity contribution in [1.82, 2.24) is 9.78 Å². The van der Waals surface area contributed by atoms with E-state index in [1.54, 1.807) is 0 Å². The van der Waals surface area contributed by atoms with Crippen molar-refractivity contribution < 1.29 is 9.50 Å². The Kier molecular flexibility index (Phi) is 1.42. The average Bonchev–Trinajstić information content (AvgIpc) is 2.34. The highest BCUT2D eigenvalue weighted by Gasteiger charge is 2.22. The lowest BCUT2D eigenvalue weighted by Gasteiger charge is -2.18. The number of aryl methyl sites for hydroxylation is 1. The van der Waals surface area contributed by atoms with E-state index < -0.39 is 11.9 Å². The van der Waals surface area contributed by atoms with Crippen molar-refractivity contribution in [3.63, 3.8) is 0 Å². The standard InChI is InChI=1S/C7H9FN2O/c8-5-4-9-10-3-1-2-6(11)7(5)10/h4,6,11H,1-3H2. The molecule has 0 spiro atoms. The Morgan fingerprint density at radius 3 is 3.27 bits per heavy atom. The summed E-state index contributed by atoms with van der Waals surface area (Å²) in [7, 11) is 0. The second kappa shape index (κ2) is 2.30. The lowest BCUT2D eigenvalue weighted by molar-refractivity contribution is 0.130. The Labute approximate surface area is 63.5 Å². The molecule has 0 aromatic carbocycles. The Bertz CT molecular complexity index is 271. The highest BCUT2D eigenvalue weighted by molar-refractivity contribution is 5.09. The average molecular weight is 156 g/mol. The molecule has 2 heterocycles. The number of halogens is 1. The van der Waals surface area contributed by atoms with Crippen molar-refractivity contribution in [2.75, 3.05) is 0 Å². The van der Waals surface area contributed by atoms with E-state index in [0.717, 1.165) is 19.2 Å². The number of hydrogen-bond acceptors (Lipinski definition) is 2. The van der Waals surface area contributed by atoms with Crippen molar-refractivity contribution in [1.29, 1.82) is 0 Å². The SMILES string of the molecule is OC1CCCn2ncc(F)c21. The number of hydrogen-bond donors (Lipinski definition) is 1. The fraction of sp³-hybridized carbons (Fsp3) is 0.571. The van der Waals surface area contributed by atoms with E-state index in [1.807, 2.05) is 0 Å². The number of aliphatic hydroxyl groups is 1. The molecule has 0 fully saturated rings. The van der Waals surface area contributed by atoms with Crippen LogP contribution in [0.4, 0.5) is 4.39 Å². The maximum atomic E-state index is 12.8. The zero-order valence-corrected chi connectivity index (χ0v) is 6.00. The van der Waals surface area contributed by atoms with Gasteiger partial charge in [-0.15, -0.1) is 0 Å². The van der Waals surface area contributed by atoms with Gasteiger partial charge in [0.1, 0.15) is 5.69 Å². The van der Waals surface area contributed by atoms with Crippen LogP contribution in [0.15, 0.2) is 6.20 Å². The van der Waals surface area contributed by atoms with Crippen molar-refractivity contribution >= 4 is 0 Å². The summed E-state index contributed by atoms with van der Waals surface area (Å²) in [4.78, 5) is 0. The van der Waals surface area contributed by atoms with Gasteiger partial charge in [0.25, 0.3) is 0 Å². The second-order valence-electron chi connectivity index (χ2n) is 2.76. The number of aliphatic hydroxyl groups excluding tert-OH is 1. The topological polar surface area (TPSA) is 38.0 Å². The van der Waals surface area contributed by atoms with E-state index in [9.17, 15) is 9.50 Å². The molecule has 0 amide bonds. The molecule has 4 heteroatoms. The van der Waals surface area contributed by atoms with E-state index in [4.69, 9.17) is 0 Å². The Balaban J connectivity index is 2.48. The van der Waals surface area contributed by atoms with Gasteiger partial charge in [0.05, 0.1) is 12.3 Å². The van der Waals surface area contributed by atoms with Crippen molar-refractivity contribution in [2.45, 2.75) is 25.5 Å². The van der Waals surface area contributed by atoms with Gasteiger partial charge in [-0.05, 0) is 12.8 Å². The van der Waals surface area contributed by atoms with Crippen molar-refractivity contribution in [2.24, 2.45) is 0 Å². The highest BCUT2D eigenvalue weighted by Crippen LogP contribution is 2.25. The molecular formula is C7H9FN2O. The quantitative estimate of drug-likeness (QED) is 0.604. The minimum Gasteiger partial charge on any atom is -0.387 e. The third-order valence-corrected chi connectivity index (χ3v) is 2.00. The Morgan fingerprint density at radius 1 is 1.73 bits per heavy atom. The molecule has 1 aromatic heterocycles. The summed E-state index contributed by atoms with van der Waals surface area (Å²) in [5.74, 6) is -0.391. The van der Waals surface area contributed by atoms with Crippen molar-refractivity contribution in [3.8, 4) is 0 Å². The summed E-state index contributed by atoms with van der Waals surface area (Å²) in [6.45, 7) is 0.719. The predicted molar refractivity (Wildman–Crippen MR) is 36.4 cm³/mol. The van der Waals surface area contributed by atoms with Gasteiger partial charge in [-0.3, -0.25) is 4.68 Å². The highest BCUT2D eigenvalue weighted by atomic mass is 19.1. The van der Waals surface area contributed by atoms with Gasteiger partial charge in [-0.2, -0.15) is 5.10 Å². The maximum absolute atomic E-state index is 12.8. The number of aromatic nitrogens is 2. The minimum absolute atomic E-state index is 0.344. The smallest absolute Gasteiger partial charge is 0.166 e. The zero-order chi connectivity index (χ0) is 7.84. The van der Waals surface area contributed by atoms with Gasteiger partial charge in [0, 0.05) is 6.54 Å². The molecule has 11 heavy (non-hydrogen) atoms. The molecule has 0 radical (unpaired) electrons. The number of fused-ring (bicyclic) bond motifs is 1. The molecule has 2 rings (SSSR count). The largest absolute Gasteiger partial charge is 0.387 e.